The van der Waals surface area contributed by atoms with E-state index in [9.17, 15) is 9.59 Å². The Labute approximate surface area is 91.7 Å². The summed E-state index contributed by atoms with van der Waals surface area (Å²) in [5, 5.41) is 11.4. The predicted molar refractivity (Wildman–Crippen MR) is 57.6 cm³/mol. The Morgan fingerprint density at radius 3 is 2.94 bits per heavy atom. The molecule has 1 aliphatic rings. The molecular formula is C10H13N3O3. The molecule has 0 aliphatic heterocycles. The minimum absolute atomic E-state index is 0.253. The van der Waals surface area contributed by atoms with Crippen LogP contribution in [-0.2, 0) is 4.79 Å². The first-order chi connectivity index (χ1) is 7.56. The molecule has 1 atom stereocenters. The molecule has 0 radical (unpaired) electrons. The summed E-state index contributed by atoms with van der Waals surface area (Å²) >= 11 is 0. The average molecular weight is 223 g/mol. The average Bonchev–Trinajstić information content (AvgIpc) is 2.99. The fourth-order valence-electron chi connectivity index (χ4n) is 1.38. The van der Waals surface area contributed by atoms with E-state index in [0.29, 0.717) is 17.6 Å². The molecule has 16 heavy (non-hydrogen) atoms. The van der Waals surface area contributed by atoms with Crippen LogP contribution in [0.2, 0.25) is 0 Å². The molecule has 0 spiro atoms. The van der Waals surface area contributed by atoms with E-state index >= 15 is 0 Å². The Morgan fingerprint density at radius 1 is 1.69 bits per heavy atom. The number of nitrogens with one attached hydrogen (secondary N) is 2. The number of H-pyrrole nitrogens is 1. The summed E-state index contributed by atoms with van der Waals surface area (Å²) in [6, 6.07) is 0.507. The molecule has 86 valence electrons. The summed E-state index contributed by atoms with van der Waals surface area (Å²) in [7, 11) is 0. The summed E-state index contributed by atoms with van der Waals surface area (Å²) in [5.41, 5.74) is -0.253. The fourth-order valence-corrected chi connectivity index (χ4v) is 1.38. The third-order valence-corrected chi connectivity index (χ3v) is 2.46. The lowest BCUT2D eigenvalue weighted by Gasteiger charge is -2.10. The van der Waals surface area contributed by atoms with Gasteiger partial charge in [-0.05, 0) is 19.8 Å². The molecule has 6 nitrogen and oxygen atoms in total. The maximum absolute atomic E-state index is 11.3. The van der Waals surface area contributed by atoms with Gasteiger partial charge in [0, 0.05) is 12.0 Å². The third-order valence-electron chi connectivity index (χ3n) is 2.46. The highest BCUT2D eigenvalue weighted by Gasteiger charge is 2.26. The van der Waals surface area contributed by atoms with Crippen LogP contribution < -0.4 is 10.9 Å². The lowest BCUT2D eigenvalue weighted by molar-refractivity contribution is -0.137. The summed E-state index contributed by atoms with van der Waals surface area (Å²) in [5.74, 6) is 0.317. The highest BCUT2D eigenvalue weighted by atomic mass is 16.4. The van der Waals surface area contributed by atoms with Crippen LogP contribution in [0.15, 0.2) is 10.9 Å². The van der Waals surface area contributed by atoms with Crippen molar-refractivity contribution < 1.29 is 9.90 Å². The van der Waals surface area contributed by atoms with Crippen LogP contribution in [-0.4, -0.2) is 27.1 Å². The zero-order chi connectivity index (χ0) is 11.7. The summed E-state index contributed by atoms with van der Waals surface area (Å²) < 4.78 is 0. The number of aliphatic carboxylic acids is 1. The zero-order valence-electron chi connectivity index (χ0n) is 8.86. The first-order valence-corrected chi connectivity index (χ1v) is 5.17. The highest BCUT2D eigenvalue weighted by molar-refractivity contribution is 5.76. The van der Waals surface area contributed by atoms with E-state index in [-0.39, 0.29) is 5.56 Å². The van der Waals surface area contributed by atoms with Crippen molar-refractivity contribution in [2.45, 2.75) is 31.7 Å². The van der Waals surface area contributed by atoms with Crippen molar-refractivity contribution in [1.29, 1.82) is 0 Å². The number of nitrogens with zero attached hydrogens (tertiary/aromatic N) is 1. The van der Waals surface area contributed by atoms with E-state index in [4.69, 9.17) is 5.11 Å². The topological polar surface area (TPSA) is 95.1 Å². The van der Waals surface area contributed by atoms with Crippen molar-refractivity contribution in [1.82, 2.24) is 9.97 Å². The molecule has 1 aromatic heterocycles. The molecule has 6 heteroatoms. The number of hydrogen-bond donors (Lipinski definition) is 3. The fraction of sp³-hybridized carbons (Fsp3) is 0.500. The minimum atomic E-state index is -0.977. The third kappa shape index (κ3) is 2.39. The number of carbonyl (C=O) groups is 1. The van der Waals surface area contributed by atoms with Crippen LogP contribution in [0, 0.1) is 0 Å². The molecular weight excluding hydrogens is 210 g/mol. The van der Waals surface area contributed by atoms with Crippen molar-refractivity contribution in [3.05, 3.63) is 22.2 Å². The molecule has 2 rings (SSSR count). The Kier molecular flexibility index (Phi) is 2.64. The Bertz CT molecular complexity index is 465. The second-order valence-electron chi connectivity index (χ2n) is 3.99. The van der Waals surface area contributed by atoms with E-state index in [1.165, 1.54) is 13.0 Å². The number of anilines is 1. The number of hydrogen-bond acceptors (Lipinski definition) is 4. The molecule has 1 fully saturated rings. The van der Waals surface area contributed by atoms with E-state index < -0.39 is 12.0 Å². The highest BCUT2D eigenvalue weighted by Crippen LogP contribution is 2.37. The minimum Gasteiger partial charge on any atom is -0.480 e. The van der Waals surface area contributed by atoms with Gasteiger partial charge in [0.05, 0.1) is 0 Å². The maximum Gasteiger partial charge on any atom is 0.325 e. The Hall–Kier alpha value is -1.85. The molecule has 0 amide bonds. The van der Waals surface area contributed by atoms with Gasteiger partial charge in [0.1, 0.15) is 17.7 Å². The van der Waals surface area contributed by atoms with Crippen LogP contribution in [0.1, 0.15) is 31.5 Å². The number of aromatic amines is 1. The van der Waals surface area contributed by atoms with Gasteiger partial charge in [-0.1, -0.05) is 0 Å². The number of rotatable bonds is 4. The monoisotopic (exact) mass is 223 g/mol. The molecule has 1 unspecified atom stereocenters. The van der Waals surface area contributed by atoms with Gasteiger partial charge >= 0.3 is 5.97 Å². The molecule has 1 aliphatic carbocycles. The molecule has 0 saturated heterocycles. The Morgan fingerprint density at radius 2 is 2.38 bits per heavy atom. The van der Waals surface area contributed by atoms with Gasteiger partial charge in [-0.25, -0.2) is 4.98 Å². The standard InChI is InChI=1S/C10H13N3O3/c1-5(10(15)16)11-7-4-8(14)13-9(12-7)6-2-3-6/h4-6H,2-3H2,1H3,(H,15,16)(H2,11,12,13,14). The zero-order valence-corrected chi connectivity index (χ0v) is 8.86. The quantitative estimate of drug-likeness (QED) is 0.692. The van der Waals surface area contributed by atoms with E-state index in [1.54, 1.807) is 0 Å². The molecule has 1 saturated carbocycles. The predicted octanol–water partition coefficient (Wildman–Crippen LogP) is 0.532. The number of carboxylic acid groups (broad SMARTS) is 1. The van der Waals surface area contributed by atoms with Crippen LogP contribution in [0.4, 0.5) is 5.82 Å². The molecule has 0 aromatic carbocycles. The first-order valence-electron chi connectivity index (χ1n) is 5.17. The van der Waals surface area contributed by atoms with Gasteiger partial charge in [-0.2, -0.15) is 0 Å². The normalized spacial score (nSPS) is 16.8. The van der Waals surface area contributed by atoms with Gasteiger partial charge in [0.25, 0.3) is 5.56 Å². The first kappa shape index (κ1) is 10.7. The van der Waals surface area contributed by atoms with E-state index in [2.05, 4.69) is 15.3 Å². The molecule has 1 heterocycles. The lowest BCUT2D eigenvalue weighted by Crippen LogP contribution is -2.27. The lowest BCUT2D eigenvalue weighted by atomic mass is 10.3. The van der Waals surface area contributed by atoms with Crippen LogP contribution in [0.5, 0.6) is 0 Å². The smallest absolute Gasteiger partial charge is 0.325 e. The molecule has 3 N–H and O–H groups in total. The van der Waals surface area contributed by atoms with Crippen LogP contribution in [0.3, 0.4) is 0 Å². The van der Waals surface area contributed by atoms with Crippen LogP contribution >= 0.6 is 0 Å². The second kappa shape index (κ2) is 3.96. The summed E-state index contributed by atoms with van der Waals surface area (Å²) in [4.78, 5) is 28.8. The number of aromatic nitrogens is 2. The van der Waals surface area contributed by atoms with Crippen molar-refractivity contribution in [2.24, 2.45) is 0 Å². The van der Waals surface area contributed by atoms with Gasteiger partial charge in [0.15, 0.2) is 0 Å². The Balaban J connectivity index is 2.20. The van der Waals surface area contributed by atoms with Crippen molar-refractivity contribution in [3.63, 3.8) is 0 Å². The molecule has 1 aromatic rings. The molecule has 0 bridgehead atoms. The van der Waals surface area contributed by atoms with Gasteiger partial charge < -0.3 is 15.4 Å². The van der Waals surface area contributed by atoms with E-state index in [0.717, 1.165) is 12.8 Å². The van der Waals surface area contributed by atoms with Gasteiger partial charge in [0.2, 0.25) is 0 Å². The van der Waals surface area contributed by atoms with Gasteiger partial charge in [-0.15, -0.1) is 0 Å². The SMILES string of the molecule is CC(Nc1cc(=O)[nH]c(C2CC2)n1)C(=O)O. The van der Waals surface area contributed by atoms with Crippen LogP contribution in [0.25, 0.3) is 0 Å². The second-order valence-corrected chi connectivity index (χ2v) is 3.99. The maximum atomic E-state index is 11.3. The summed E-state index contributed by atoms with van der Waals surface area (Å²) in [6.07, 6.45) is 2.06. The summed E-state index contributed by atoms with van der Waals surface area (Å²) in [6.45, 7) is 1.50. The van der Waals surface area contributed by atoms with E-state index in [1.807, 2.05) is 0 Å². The van der Waals surface area contributed by atoms with Crippen molar-refractivity contribution in [3.8, 4) is 0 Å². The van der Waals surface area contributed by atoms with Crippen molar-refractivity contribution >= 4 is 11.8 Å². The van der Waals surface area contributed by atoms with Crippen molar-refractivity contribution in [2.75, 3.05) is 5.32 Å². The van der Waals surface area contributed by atoms with Gasteiger partial charge in [-0.3, -0.25) is 9.59 Å². The number of carboxylic acids is 1. The largest absolute Gasteiger partial charge is 0.480 e.